The van der Waals surface area contributed by atoms with Gasteiger partial charge in [-0.2, -0.15) is 0 Å². The van der Waals surface area contributed by atoms with Gasteiger partial charge in [0.05, 0.1) is 5.56 Å². The third-order valence-corrected chi connectivity index (χ3v) is 4.02. The number of nitrogens with zero attached hydrogens (tertiary/aromatic N) is 1. The predicted octanol–water partition coefficient (Wildman–Crippen LogP) is 1.22. The zero-order chi connectivity index (χ0) is 12.5. The number of carbonyl (C=O) groups excluding carboxylic acids is 1. The number of para-hydroxylation sites is 1. The van der Waals surface area contributed by atoms with Crippen LogP contribution in [0, 0.1) is 5.92 Å². The van der Waals surface area contributed by atoms with Gasteiger partial charge < -0.3 is 15.3 Å². The highest BCUT2D eigenvalue weighted by Gasteiger charge is 2.36. The molecule has 2 aliphatic heterocycles. The fraction of sp³-hybridized carbons (Fsp3) is 0.500. The van der Waals surface area contributed by atoms with Crippen LogP contribution in [0.2, 0.25) is 0 Å². The fourth-order valence-corrected chi connectivity index (χ4v) is 3.04. The van der Waals surface area contributed by atoms with Crippen molar-refractivity contribution < 1.29 is 9.90 Å². The molecule has 2 saturated heterocycles. The molecule has 2 heterocycles. The Kier molecular flexibility index (Phi) is 2.96. The third-order valence-electron chi connectivity index (χ3n) is 4.02. The lowest BCUT2D eigenvalue weighted by molar-refractivity contribution is 0.0782. The summed E-state index contributed by atoms with van der Waals surface area (Å²) in [5, 5.41) is 13.2. The molecular weight excluding hydrogens is 228 g/mol. The Morgan fingerprint density at radius 3 is 2.94 bits per heavy atom. The molecule has 0 bridgehead atoms. The first kappa shape index (κ1) is 11.5. The molecule has 0 spiro atoms. The Hall–Kier alpha value is -1.55. The second kappa shape index (κ2) is 4.61. The van der Waals surface area contributed by atoms with E-state index < -0.39 is 0 Å². The van der Waals surface area contributed by atoms with Crippen LogP contribution >= 0.6 is 0 Å². The number of aromatic hydroxyl groups is 1. The topological polar surface area (TPSA) is 52.6 Å². The highest BCUT2D eigenvalue weighted by Crippen LogP contribution is 2.27. The summed E-state index contributed by atoms with van der Waals surface area (Å²) in [5.74, 6) is 0.600. The standard InChI is InChI=1S/C14H18N2O2/c17-13-6-2-1-5-11(13)14(18)16-8-10-4-3-7-15-12(10)9-16/h1-2,5-6,10,12,15,17H,3-4,7-9H2. The van der Waals surface area contributed by atoms with Crippen LogP contribution in [0.4, 0.5) is 0 Å². The maximum absolute atomic E-state index is 12.3. The van der Waals surface area contributed by atoms with E-state index >= 15 is 0 Å². The van der Waals surface area contributed by atoms with Crippen LogP contribution in [0.5, 0.6) is 5.75 Å². The van der Waals surface area contributed by atoms with Crippen molar-refractivity contribution in [3.8, 4) is 5.75 Å². The molecule has 0 aromatic heterocycles. The van der Waals surface area contributed by atoms with E-state index in [0.717, 1.165) is 19.6 Å². The molecule has 0 radical (unpaired) electrons. The largest absolute Gasteiger partial charge is 0.507 e. The quantitative estimate of drug-likeness (QED) is 0.783. The molecular formula is C14H18N2O2. The van der Waals surface area contributed by atoms with E-state index in [1.165, 1.54) is 12.8 Å². The smallest absolute Gasteiger partial charge is 0.257 e. The molecule has 2 aliphatic rings. The number of nitrogens with one attached hydrogen (secondary N) is 1. The van der Waals surface area contributed by atoms with Crippen LogP contribution in [0.25, 0.3) is 0 Å². The minimum atomic E-state index is -0.0516. The van der Waals surface area contributed by atoms with Gasteiger partial charge in [-0.3, -0.25) is 4.79 Å². The van der Waals surface area contributed by atoms with Crippen LogP contribution in [-0.4, -0.2) is 41.6 Å². The highest BCUT2D eigenvalue weighted by atomic mass is 16.3. The van der Waals surface area contributed by atoms with Crippen molar-refractivity contribution in [2.75, 3.05) is 19.6 Å². The molecule has 2 atom stereocenters. The summed E-state index contributed by atoms with van der Waals surface area (Å²) in [5.41, 5.74) is 0.413. The van der Waals surface area contributed by atoms with Gasteiger partial charge in [-0.25, -0.2) is 0 Å². The lowest BCUT2D eigenvalue weighted by atomic mass is 9.94. The van der Waals surface area contributed by atoms with E-state index in [2.05, 4.69) is 5.32 Å². The van der Waals surface area contributed by atoms with Crippen molar-refractivity contribution in [2.45, 2.75) is 18.9 Å². The van der Waals surface area contributed by atoms with Crippen LogP contribution in [0.1, 0.15) is 23.2 Å². The zero-order valence-corrected chi connectivity index (χ0v) is 10.3. The predicted molar refractivity (Wildman–Crippen MR) is 68.5 cm³/mol. The lowest BCUT2D eigenvalue weighted by Crippen LogP contribution is -2.41. The molecule has 1 amide bonds. The maximum atomic E-state index is 12.3. The summed E-state index contributed by atoms with van der Waals surface area (Å²) in [6, 6.07) is 7.21. The summed E-state index contributed by atoms with van der Waals surface area (Å²) in [4.78, 5) is 14.2. The molecule has 4 nitrogen and oxygen atoms in total. The Balaban J connectivity index is 1.76. The van der Waals surface area contributed by atoms with E-state index in [1.54, 1.807) is 24.3 Å². The summed E-state index contributed by atoms with van der Waals surface area (Å²) in [6.45, 7) is 2.63. The van der Waals surface area contributed by atoms with E-state index in [-0.39, 0.29) is 11.7 Å². The number of hydrogen-bond acceptors (Lipinski definition) is 3. The Labute approximate surface area is 107 Å². The molecule has 1 aromatic carbocycles. The van der Waals surface area contributed by atoms with Crippen LogP contribution in [-0.2, 0) is 0 Å². The van der Waals surface area contributed by atoms with Crippen molar-refractivity contribution in [1.82, 2.24) is 10.2 Å². The number of benzene rings is 1. The molecule has 3 rings (SSSR count). The van der Waals surface area contributed by atoms with Crippen LogP contribution < -0.4 is 5.32 Å². The minimum absolute atomic E-state index is 0.0516. The number of piperidine rings is 1. The Morgan fingerprint density at radius 1 is 1.33 bits per heavy atom. The average molecular weight is 246 g/mol. The van der Waals surface area contributed by atoms with Gasteiger partial charge in [-0.1, -0.05) is 12.1 Å². The number of phenols is 1. The number of fused-ring (bicyclic) bond motifs is 1. The van der Waals surface area contributed by atoms with E-state index in [4.69, 9.17) is 0 Å². The fourth-order valence-electron chi connectivity index (χ4n) is 3.04. The van der Waals surface area contributed by atoms with Crippen LogP contribution in [0.3, 0.4) is 0 Å². The normalized spacial score (nSPS) is 27.0. The number of hydrogen-bond donors (Lipinski definition) is 2. The van der Waals surface area contributed by atoms with E-state index in [1.807, 2.05) is 4.90 Å². The van der Waals surface area contributed by atoms with Gasteiger partial charge in [0.1, 0.15) is 5.75 Å². The van der Waals surface area contributed by atoms with Crippen molar-refractivity contribution in [3.63, 3.8) is 0 Å². The lowest BCUT2D eigenvalue weighted by Gasteiger charge is -2.24. The van der Waals surface area contributed by atoms with Crippen molar-refractivity contribution in [3.05, 3.63) is 29.8 Å². The van der Waals surface area contributed by atoms with Gasteiger partial charge in [-0.05, 0) is 37.4 Å². The van der Waals surface area contributed by atoms with Crippen molar-refractivity contribution in [1.29, 1.82) is 0 Å². The highest BCUT2D eigenvalue weighted by molar-refractivity contribution is 5.97. The van der Waals surface area contributed by atoms with Gasteiger partial charge in [-0.15, -0.1) is 0 Å². The Morgan fingerprint density at radius 2 is 2.17 bits per heavy atom. The second-order valence-electron chi connectivity index (χ2n) is 5.19. The number of phenolic OH excluding ortho intramolecular Hbond substituents is 1. The minimum Gasteiger partial charge on any atom is -0.507 e. The summed E-state index contributed by atoms with van der Waals surface area (Å²) in [6.07, 6.45) is 2.39. The first-order chi connectivity index (χ1) is 8.75. The monoisotopic (exact) mass is 246 g/mol. The SMILES string of the molecule is O=C(c1ccccc1O)N1CC2CCCNC2C1. The molecule has 1 aromatic rings. The number of carbonyl (C=O) groups is 1. The van der Waals surface area contributed by atoms with Crippen molar-refractivity contribution in [2.24, 2.45) is 5.92 Å². The third kappa shape index (κ3) is 1.97. The molecule has 0 aliphatic carbocycles. The van der Waals surface area contributed by atoms with Gasteiger partial charge in [0.25, 0.3) is 5.91 Å². The van der Waals surface area contributed by atoms with Gasteiger partial charge in [0, 0.05) is 19.1 Å². The summed E-state index contributed by atoms with van der Waals surface area (Å²) >= 11 is 0. The summed E-state index contributed by atoms with van der Waals surface area (Å²) in [7, 11) is 0. The molecule has 18 heavy (non-hydrogen) atoms. The first-order valence-corrected chi connectivity index (χ1v) is 6.56. The molecule has 96 valence electrons. The molecule has 4 heteroatoms. The molecule has 2 fully saturated rings. The molecule has 0 saturated carbocycles. The number of rotatable bonds is 1. The van der Waals surface area contributed by atoms with Crippen LogP contribution in [0.15, 0.2) is 24.3 Å². The first-order valence-electron chi connectivity index (χ1n) is 6.56. The molecule has 2 N–H and O–H groups in total. The maximum Gasteiger partial charge on any atom is 0.257 e. The van der Waals surface area contributed by atoms with E-state index in [9.17, 15) is 9.90 Å². The van der Waals surface area contributed by atoms with E-state index in [0.29, 0.717) is 17.5 Å². The number of amides is 1. The second-order valence-corrected chi connectivity index (χ2v) is 5.19. The Bertz CT molecular complexity index is 447. The molecule has 2 unspecified atom stereocenters. The van der Waals surface area contributed by atoms with Gasteiger partial charge in [0.15, 0.2) is 0 Å². The van der Waals surface area contributed by atoms with Gasteiger partial charge in [0.2, 0.25) is 0 Å². The number of likely N-dealkylation sites (tertiary alicyclic amines) is 1. The zero-order valence-electron chi connectivity index (χ0n) is 10.3. The average Bonchev–Trinajstić information content (AvgIpc) is 2.82. The van der Waals surface area contributed by atoms with Crippen molar-refractivity contribution >= 4 is 5.91 Å². The van der Waals surface area contributed by atoms with Gasteiger partial charge >= 0.3 is 0 Å². The summed E-state index contributed by atoms with van der Waals surface area (Å²) < 4.78 is 0.